The van der Waals surface area contributed by atoms with Gasteiger partial charge in [0.2, 0.25) is 23.5 Å². The fourth-order valence-corrected chi connectivity index (χ4v) is 3.31. The van der Waals surface area contributed by atoms with Gasteiger partial charge in [0.15, 0.2) is 0 Å². The number of aryl methyl sites for hydroxylation is 1. The van der Waals surface area contributed by atoms with Gasteiger partial charge < -0.3 is 19.5 Å². The van der Waals surface area contributed by atoms with Gasteiger partial charge in [-0.2, -0.15) is 4.98 Å². The van der Waals surface area contributed by atoms with Crippen LogP contribution in [0, 0.1) is 12.8 Å². The molecule has 0 unspecified atom stereocenters. The zero-order valence-electron chi connectivity index (χ0n) is 16.1. The molecule has 1 aromatic heterocycles. The summed E-state index contributed by atoms with van der Waals surface area (Å²) in [6.07, 6.45) is 0.154. The van der Waals surface area contributed by atoms with Crippen molar-refractivity contribution in [2.24, 2.45) is 5.92 Å². The van der Waals surface area contributed by atoms with Crippen molar-refractivity contribution in [2.45, 2.75) is 13.3 Å². The molecular formula is C21H20N4O4. The third-order valence-electron chi connectivity index (χ3n) is 4.78. The molecule has 1 fully saturated rings. The summed E-state index contributed by atoms with van der Waals surface area (Å²) in [5.41, 5.74) is 2.08. The highest BCUT2D eigenvalue weighted by molar-refractivity contribution is 6.03. The Labute approximate surface area is 167 Å². The minimum absolute atomic E-state index is 0.0998. The van der Waals surface area contributed by atoms with Gasteiger partial charge in [-0.3, -0.25) is 9.59 Å². The Kier molecular flexibility index (Phi) is 4.99. The van der Waals surface area contributed by atoms with Crippen molar-refractivity contribution in [1.82, 2.24) is 10.1 Å². The summed E-state index contributed by atoms with van der Waals surface area (Å²) in [6.45, 7) is 2.03. The molecule has 0 spiro atoms. The molecule has 8 nitrogen and oxygen atoms in total. The standard InChI is InChI=1S/C21H20N4O4/c1-13-22-20(24-29-13)14-5-3-7-17(9-14)25-12-15(10-19(25)26)21(27)23-16-6-4-8-18(11-16)28-2/h3-9,11,15H,10,12H2,1-2H3,(H,23,27)/t15-/m1/s1. The molecule has 2 heterocycles. The minimum Gasteiger partial charge on any atom is -0.497 e. The molecule has 3 aromatic rings. The summed E-state index contributed by atoms with van der Waals surface area (Å²) in [4.78, 5) is 31.1. The van der Waals surface area contributed by atoms with E-state index in [4.69, 9.17) is 9.26 Å². The van der Waals surface area contributed by atoms with Gasteiger partial charge in [0.05, 0.1) is 13.0 Å². The average Bonchev–Trinajstić information content (AvgIpc) is 3.34. The fraction of sp³-hybridized carbons (Fsp3) is 0.238. The number of rotatable bonds is 5. The number of hydrogen-bond donors (Lipinski definition) is 1. The molecule has 0 aliphatic carbocycles. The number of amides is 2. The Hall–Kier alpha value is -3.68. The van der Waals surface area contributed by atoms with Gasteiger partial charge in [0, 0.05) is 42.9 Å². The zero-order valence-corrected chi connectivity index (χ0v) is 16.1. The molecule has 148 valence electrons. The molecular weight excluding hydrogens is 372 g/mol. The van der Waals surface area contributed by atoms with Crippen LogP contribution in [0.4, 0.5) is 11.4 Å². The van der Waals surface area contributed by atoms with Crippen LogP contribution in [0.3, 0.4) is 0 Å². The first kappa shape index (κ1) is 18.7. The summed E-state index contributed by atoms with van der Waals surface area (Å²) >= 11 is 0. The number of methoxy groups -OCH3 is 1. The predicted molar refractivity (Wildman–Crippen MR) is 107 cm³/mol. The van der Waals surface area contributed by atoms with Gasteiger partial charge >= 0.3 is 0 Å². The number of aromatic nitrogens is 2. The number of anilines is 2. The van der Waals surface area contributed by atoms with Crippen molar-refractivity contribution in [3.63, 3.8) is 0 Å². The maximum Gasteiger partial charge on any atom is 0.229 e. The maximum atomic E-state index is 12.7. The molecule has 1 atom stereocenters. The lowest BCUT2D eigenvalue weighted by Crippen LogP contribution is -2.28. The van der Waals surface area contributed by atoms with Crippen molar-refractivity contribution in [3.8, 4) is 17.1 Å². The molecule has 1 aliphatic heterocycles. The van der Waals surface area contributed by atoms with E-state index < -0.39 is 5.92 Å². The largest absolute Gasteiger partial charge is 0.497 e. The van der Waals surface area contributed by atoms with Crippen LogP contribution in [0.15, 0.2) is 53.1 Å². The summed E-state index contributed by atoms with van der Waals surface area (Å²) in [5, 5.41) is 6.77. The predicted octanol–water partition coefficient (Wildman–Crippen LogP) is 3.05. The molecule has 0 bridgehead atoms. The van der Waals surface area contributed by atoms with E-state index in [2.05, 4.69) is 15.5 Å². The van der Waals surface area contributed by atoms with Crippen LogP contribution >= 0.6 is 0 Å². The molecule has 4 rings (SSSR count). The highest BCUT2D eigenvalue weighted by Gasteiger charge is 2.35. The Morgan fingerprint density at radius 2 is 2.07 bits per heavy atom. The summed E-state index contributed by atoms with van der Waals surface area (Å²) in [6, 6.07) is 14.4. The van der Waals surface area contributed by atoms with Crippen molar-refractivity contribution in [3.05, 3.63) is 54.4 Å². The van der Waals surface area contributed by atoms with Crippen LogP contribution in [-0.4, -0.2) is 35.6 Å². The van der Waals surface area contributed by atoms with Gasteiger partial charge in [0.1, 0.15) is 5.75 Å². The fourth-order valence-electron chi connectivity index (χ4n) is 3.31. The molecule has 29 heavy (non-hydrogen) atoms. The molecule has 1 saturated heterocycles. The van der Waals surface area contributed by atoms with Gasteiger partial charge in [0.25, 0.3) is 0 Å². The molecule has 1 aliphatic rings. The highest BCUT2D eigenvalue weighted by Crippen LogP contribution is 2.29. The van der Waals surface area contributed by atoms with E-state index in [0.717, 1.165) is 5.56 Å². The van der Waals surface area contributed by atoms with Crippen molar-refractivity contribution >= 4 is 23.2 Å². The van der Waals surface area contributed by atoms with Gasteiger partial charge in [-0.15, -0.1) is 0 Å². The summed E-state index contributed by atoms with van der Waals surface area (Å²) < 4.78 is 10.2. The van der Waals surface area contributed by atoms with Crippen LogP contribution in [-0.2, 0) is 9.59 Å². The summed E-state index contributed by atoms with van der Waals surface area (Å²) in [5.74, 6) is 0.849. The monoisotopic (exact) mass is 392 g/mol. The topological polar surface area (TPSA) is 97.6 Å². The van der Waals surface area contributed by atoms with Crippen LogP contribution in [0.25, 0.3) is 11.4 Å². The minimum atomic E-state index is -0.440. The number of benzene rings is 2. The number of carbonyl (C=O) groups is 2. The van der Waals surface area contributed by atoms with E-state index in [-0.39, 0.29) is 18.2 Å². The Morgan fingerprint density at radius 3 is 2.83 bits per heavy atom. The van der Waals surface area contributed by atoms with Gasteiger partial charge in [-0.05, 0) is 24.3 Å². The van der Waals surface area contributed by atoms with Crippen molar-refractivity contribution in [2.75, 3.05) is 23.9 Å². The second-order valence-electron chi connectivity index (χ2n) is 6.81. The first-order valence-electron chi connectivity index (χ1n) is 9.19. The Morgan fingerprint density at radius 1 is 1.24 bits per heavy atom. The van der Waals surface area contributed by atoms with E-state index in [0.29, 0.717) is 35.4 Å². The molecule has 2 amide bonds. The number of carbonyl (C=O) groups excluding carboxylic acids is 2. The third-order valence-corrected chi connectivity index (χ3v) is 4.78. The van der Waals surface area contributed by atoms with Crippen LogP contribution in [0.5, 0.6) is 5.75 Å². The van der Waals surface area contributed by atoms with E-state index >= 15 is 0 Å². The normalized spacial score (nSPS) is 16.1. The van der Waals surface area contributed by atoms with Crippen LogP contribution in [0.1, 0.15) is 12.3 Å². The molecule has 0 radical (unpaired) electrons. The van der Waals surface area contributed by atoms with E-state index in [1.54, 1.807) is 43.2 Å². The maximum absolute atomic E-state index is 12.7. The lowest BCUT2D eigenvalue weighted by molar-refractivity contribution is -0.122. The quantitative estimate of drug-likeness (QED) is 0.717. The smallest absolute Gasteiger partial charge is 0.229 e. The average molecular weight is 392 g/mol. The second kappa shape index (κ2) is 7.75. The Balaban J connectivity index is 1.48. The third kappa shape index (κ3) is 3.96. The zero-order chi connectivity index (χ0) is 20.4. The Bertz CT molecular complexity index is 1060. The van der Waals surface area contributed by atoms with E-state index in [9.17, 15) is 9.59 Å². The van der Waals surface area contributed by atoms with Crippen molar-refractivity contribution < 1.29 is 18.8 Å². The lowest BCUT2D eigenvalue weighted by atomic mass is 10.1. The number of nitrogens with zero attached hydrogens (tertiary/aromatic N) is 3. The molecule has 1 N–H and O–H groups in total. The van der Waals surface area contributed by atoms with E-state index in [1.165, 1.54) is 0 Å². The van der Waals surface area contributed by atoms with Crippen LogP contribution < -0.4 is 15.0 Å². The van der Waals surface area contributed by atoms with Gasteiger partial charge in [-0.1, -0.05) is 23.4 Å². The first-order valence-corrected chi connectivity index (χ1v) is 9.19. The molecule has 2 aromatic carbocycles. The molecule has 8 heteroatoms. The molecule has 0 saturated carbocycles. The van der Waals surface area contributed by atoms with E-state index in [1.807, 2.05) is 24.3 Å². The van der Waals surface area contributed by atoms with Crippen molar-refractivity contribution in [1.29, 1.82) is 0 Å². The second-order valence-corrected chi connectivity index (χ2v) is 6.81. The lowest BCUT2D eigenvalue weighted by Gasteiger charge is -2.17. The number of nitrogens with one attached hydrogen (secondary N) is 1. The number of ether oxygens (including phenoxy) is 1. The SMILES string of the molecule is COc1cccc(NC(=O)[C@@H]2CC(=O)N(c3cccc(-c4noc(C)n4)c3)C2)c1. The van der Waals surface area contributed by atoms with Crippen LogP contribution in [0.2, 0.25) is 0 Å². The summed E-state index contributed by atoms with van der Waals surface area (Å²) in [7, 11) is 1.57. The first-order chi connectivity index (χ1) is 14.0. The highest BCUT2D eigenvalue weighted by atomic mass is 16.5. The van der Waals surface area contributed by atoms with Gasteiger partial charge in [-0.25, -0.2) is 0 Å². The number of hydrogen-bond acceptors (Lipinski definition) is 6.